The van der Waals surface area contributed by atoms with Gasteiger partial charge in [0, 0.05) is 0 Å². The van der Waals surface area contributed by atoms with E-state index in [-0.39, 0.29) is 11.9 Å². The maximum absolute atomic E-state index is 12.0. The van der Waals surface area contributed by atoms with Crippen molar-refractivity contribution in [2.24, 2.45) is 0 Å². The molecule has 2 heterocycles. The molecule has 0 bridgehead atoms. The number of nitrogens with one attached hydrogen (secondary N) is 1. The molecule has 3 aromatic rings. The molecule has 0 aliphatic carbocycles. The molecule has 3 rings (SSSR count). The zero-order chi connectivity index (χ0) is 15.4. The van der Waals surface area contributed by atoms with Crippen LogP contribution in [0.1, 0.15) is 24.1 Å². The van der Waals surface area contributed by atoms with Crippen molar-refractivity contribution in [3.63, 3.8) is 0 Å². The van der Waals surface area contributed by atoms with E-state index in [1.165, 1.54) is 6.33 Å². The Balaban J connectivity index is 1.62. The fourth-order valence-electron chi connectivity index (χ4n) is 2.21. The second kappa shape index (κ2) is 6.53. The molecule has 5 nitrogen and oxygen atoms in total. The first kappa shape index (κ1) is 14.5. The molecule has 2 aromatic heterocycles. The van der Waals surface area contributed by atoms with Gasteiger partial charge in [0.15, 0.2) is 0 Å². The van der Waals surface area contributed by atoms with Crippen LogP contribution in [0.4, 0.5) is 0 Å². The van der Waals surface area contributed by atoms with Crippen molar-refractivity contribution in [1.82, 2.24) is 20.1 Å². The molecule has 1 N–H and O–H groups in total. The maximum atomic E-state index is 12.0. The Bertz CT molecular complexity index is 720. The van der Waals surface area contributed by atoms with Crippen molar-refractivity contribution >= 4 is 17.2 Å². The van der Waals surface area contributed by atoms with Crippen LogP contribution >= 0.6 is 11.3 Å². The van der Waals surface area contributed by atoms with Gasteiger partial charge >= 0.3 is 0 Å². The molecule has 112 valence electrons. The first-order chi connectivity index (χ1) is 10.7. The predicted octanol–water partition coefficient (Wildman–Crippen LogP) is 2.75. The van der Waals surface area contributed by atoms with Gasteiger partial charge < -0.3 is 5.32 Å². The predicted molar refractivity (Wildman–Crippen MR) is 85.9 cm³/mol. The fraction of sp³-hybridized carbons (Fsp3) is 0.188. The van der Waals surface area contributed by atoms with E-state index < -0.39 is 0 Å². The molecule has 1 unspecified atom stereocenters. The quantitative estimate of drug-likeness (QED) is 0.788. The lowest BCUT2D eigenvalue weighted by molar-refractivity contribution is -0.121. The van der Waals surface area contributed by atoms with Crippen LogP contribution in [0.25, 0.3) is 5.69 Å². The molecule has 6 heteroatoms. The highest BCUT2D eigenvalue weighted by molar-refractivity contribution is 7.07. The van der Waals surface area contributed by atoms with Crippen molar-refractivity contribution in [3.05, 3.63) is 64.9 Å². The van der Waals surface area contributed by atoms with Crippen molar-refractivity contribution in [3.8, 4) is 5.69 Å². The zero-order valence-electron chi connectivity index (χ0n) is 12.1. The van der Waals surface area contributed by atoms with Gasteiger partial charge in [-0.15, -0.1) is 0 Å². The van der Waals surface area contributed by atoms with E-state index in [2.05, 4.69) is 15.4 Å². The molecular weight excluding hydrogens is 296 g/mol. The van der Waals surface area contributed by atoms with Gasteiger partial charge in [0.25, 0.3) is 0 Å². The van der Waals surface area contributed by atoms with Crippen LogP contribution in [0.2, 0.25) is 0 Å². The van der Waals surface area contributed by atoms with E-state index in [9.17, 15) is 4.79 Å². The number of carbonyl (C=O) groups is 1. The summed E-state index contributed by atoms with van der Waals surface area (Å²) in [5.74, 6) is 0.0336. The zero-order valence-corrected chi connectivity index (χ0v) is 13.0. The van der Waals surface area contributed by atoms with Crippen molar-refractivity contribution in [2.45, 2.75) is 19.4 Å². The van der Waals surface area contributed by atoms with Gasteiger partial charge in [-0.2, -0.15) is 16.4 Å². The summed E-state index contributed by atoms with van der Waals surface area (Å²) in [4.78, 5) is 15.9. The summed E-state index contributed by atoms with van der Waals surface area (Å²) in [5.41, 5.74) is 3.05. The number of benzene rings is 1. The van der Waals surface area contributed by atoms with Crippen LogP contribution in [0.3, 0.4) is 0 Å². The molecule has 0 spiro atoms. The summed E-state index contributed by atoms with van der Waals surface area (Å²) >= 11 is 1.60. The summed E-state index contributed by atoms with van der Waals surface area (Å²) in [6.07, 6.45) is 3.58. The standard InChI is InChI=1S/C16H16N4OS/c1-12(19-16(21)8-13-6-7-22-9-13)14-2-4-15(5-3-14)20-11-17-10-18-20/h2-7,9-12H,8H2,1H3,(H,19,21). The topological polar surface area (TPSA) is 59.8 Å². The number of carbonyl (C=O) groups excluding carboxylic acids is 1. The molecule has 1 aromatic carbocycles. The maximum Gasteiger partial charge on any atom is 0.224 e. The van der Waals surface area contributed by atoms with Crippen molar-refractivity contribution in [1.29, 1.82) is 0 Å². The molecular formula is C16H16N4OS. The third-order valence-corrected chi connectivity index (χ3v) is 4.13. The molecule has 0 saturated heterocycles. The van der Waals surface area contributed by atoms with E-state index >= 15 is 0 Å². The smallest absolute Gasteiger partial charge is 0.224 e. The van der Waals surface area contributed by atoms with Gasteiger partial charge in [-0.25, -0.2) is 9.67 Å². The second-order valence-electron chi connectivity index (χ2n) is 5.03. The Labute approximate surface area is 132 Å². The highest BCUT2D eigenvalue weighted by Crippen LogP contribution is 2.15. The minimum atomic E-state index is -0.0315. The van der Waals surface area contributed by atoms with Gasteiger partial charge in [-0.05, 0) is 47.0 Å². The lowest BCUT2D eigenvalue weighted by atomic mass is 10.1. The largest absolute Gasteiger partial charge is 0.349 e. The summed E-state index contributed by atoms with van der Waals surface area (Å²) < 4.78 is 1.70. The number of nitrogens with zero attached hydrogens (tertiary/aromatic N) is 3. The lowest BCUT2D eigenvalue weighted by Gasteiger charge is -2.14. The normalized spacial score (nSPS) is 12.0. The van der Waals surface area contributed by atoms with Gasteiger partial charge in [-0.1, -0.05) is 12.1 Å². The van der Waals surface area contributed by atoms with Crippen LogP contribution in [-0.4, -0.2) is 20.7 Å². The number of aromatic nitrogens is 3. The molecule has 0 saturated carbocycles. The highest BCUT2D eigenvalue weighted by atomic mass is 32.1. The Kier molecular flexibility index (Phi) is 4.29. The van der Waals surface area contributed by atoms with Gasteiger partial charge in [0.2, 0.25) is 5.91 Å². The first-order valence-corrected chi connectivity index (χ1v) is 7.92. The fourth-order valence-corrected chi connectivity index (χ4v) is 2.88. The average Bonchev–Trinajstić information content (AvgIpc) is 3.20. The number of hydrogen-bond donors (Lipinski definition) is 1. The van der Waals surface area contributed by atoms with Gasteiger partial charge in [0.1, 0.15) is 12.7 Å². The van der Waals surface area contributed by atoms with Gasteiger partial charge in [0.05, 0.1) is 18.2 Å². The third-order valence-electron chi connectivity index (χ3n) is 3.40. The number of thiophene rings is 1. The summed E-state index contributed by atoms with van der Waals surface area (Å²) in [6, 6.07) is 9.86. The molecule has 22 heavy (non-hydrogen) atoms. The van der Waals surface area contributed by atoms with E-state index in [1.807, 2.05) is 48.0 Å². The minimum Gasteiger partial charge on any atom is -0.349 e. The third kappa shape index (κ3) is 3.40. The SMILES string of the molecule is CC(NC(=O)Cc1ccsc1)c1ccc(-n2cncn2)cc1. The van der Waals surface area contributed by atoms with Crippen molar-refractivity contribution < 1.29 is 4.79 Å². The number of rotatable bonds is 5. The molecule has 0 radical (unpaired) electrons. The Morgan fingerprint density at radius 2 is 2.14 bits per heavy atom. The van der Waals surface area contributed by atoms with E-state index in [0.717, 1.165) is 16.8 Å². The Morgan fingerprint density at radius 3 is 2.77 bits per heavy atom. The monoisotopic (exact) mass is 312 g/mol. The minimum absolute atomic E-state index is 0.0315. The molecule has 1 amide bonds. The lowest BCUT2D eigenvalue weighted by Crippen LogP contribution is -2.27. The summed E-state index contributed by atoms with van der Waals surface area (Å²) in [5, 5.41) is 11.1. The Morgan fingerprint density at radius 1 is 1.32 bits per heavy atom. The second-order valence-corrected chi connectivity index (χ2v) is 5.81. The summed E-state index contributed by atoms with van der Waals surface area (Å²) in [6.45, 7) is 1.98. The van der Waals surface area contributed by atoms with Gasteiger partial charge in [-0.3, -0.25) is 4.79 Å². The molecule has 0 aliphatic heterocycles. The first-order valence-electron chi connectivity index (χ1n) is 6.98. The highest BCUT2D eigenvalue weighted by Gasteiger charge is 2.10. The van der Waals surface area contributed by atoms with Crippen LogP contribution in [-0.2, 0) is 11.2 Å². The Hall–Kier alpha value is -2.47. The van der Waals surface area contributed by atoms with Crippen LogP contribution in [0.15, 0.2) is 53.7 Å². The molecule has 0 fully saturated rings. The van der Waals surface area contributed by atoms with E-state index in [0.29, 0.717) is 6.42 Å². The van der Waals surface area contributed by atoms with E-state index in [1.54, 1.807) is 22.3 Å². The number of hydrogen-bond acceptors (Lipinski definition) is 4. The molecule has 1 atom stereocenters. The molecule has 0 aliphatic rings. The van der Waals surface area contributed by atoms with Crippen LogP contribution in [0.5, 0.6) is 0 Å². The summed E-state index contributed by atoms with van der Waals surface area (Å²) in [7, 11) is 0. The average molecular weight is 312 g/mol. The van der Waals surface area contributed by atoms with Crippen LogP contribution in [0, 0.1) is 0 Å². The van der Waals surface area contributed by atoms with E-state index in [4.69, 9.17) is 0 Å². The number of amides is 1. The van der Waals surface area contributed by atoms with Crippen molar-refractivity contribution in [2.75, 3.05) is 0 Å². The van der Waals surface area contributed by atoms with Crippen LogP contribution < -0.4 is 5.32 Å².